The molecule has 1 fully saturated rings. The second kappa shape index (κ2) is 6.56. The summed E-state index contributed by atoms with van der Waals surface area (Å²) in [5.41, 5.74) is 5.88. The molecule has 1 heteroatoms. The highest BCUT2D eigenvalue weighted by Crippen LogP contribution is 2.44. The lowest BCUT2D eigenvalue weighted by Gasteiger charge is -2.38. The van der Waals surface area contributed by atoms with Crippen molar-refractivity contribution < 1.29 is 0 Å². The van der Waals surface area contributed by atoms with E-state index in [-0.39, 0.29) is 0 Å². The van der Waals surface area contributed by atoms with Crippen LogP contribution in [-0.2, 0) is 6.42 Å². The molecular weight excluding hydrogens is 242 g/mol. The average Bonchev–Trinajstić information content (AvgIpc) is 2.39. The molecule has 0 aromatic heterocycles. The summed E-state index contributed by atoms with van der Waals surface area (Å²) in [5, 5.41) is 0. The summed E-state index contributed by atoms with van der Waals surface area (Å²) in [6, 6.07) is 6.54. The van der Waals surface area contributed by atoms with Crippen molar-refractivity contribution in [1.82, 2.24) is 0 Å². The van der Waals surface area contributed by atoms with Crippen LogP contribution in [0.15, 0.2) is 23.2 Å². The molecule has 1 aliphatic rings. The molecule has 0 amide bonds. The van der Waals surface area contributed by atoms with Crippen LogP contribution in [0.25, 0.3) is 0 Å². The summed E-state index contributed by atoms with van der Waals surface area (Å²) in [4.78, 5) is 4.88. The monoisotopic (exact) mass is 271 g/mol. The molecule has 20 heavy (non-hydrogen) atoms. The van der Waals surface area contributed by atoms with E-state index in [1.807, 2.05) is 0 Å². The Morgan fingerprint density at radius 2 is 2.05 bits per heavy atom. The van der Waals surface area contributed by atoms with Crippen molar-refractivity contribution in [2.75, 3.05) is 0 Å². The normalized spacial score (nSPS) is 17.9. The lowest BCUT2D eigenvalue weighted by Crippen LogP contribution is -2.25. The smallest absolute Gasteiger partial charge is 0.0660 e. The van der Waals surface area contributed by atoms with E-state index in [2.05, 4.69) is 45.9 Å². The molecule has 1 aliphatic carbocycles. The quantitative estimate of drug-likeness (QED) is 0.562. The Bertz CT molecular complexity index is 481. The molecule has 0 saturated heterocycles. The van der Waals surface area contributed by atoms with Gasteiger partial charge in [0.25, 0.3) is 0 Å². The Hall–Kier alpha value is -1.11. The summed E-state index contributed by atoms with van der Waals surface area (Å²) in [5.74, 6) is 0. The van der Waals surface area contributed by atoms with E-state index >= 15 is 0 Å². The van der Waals surface area contributed by atoms with E-state index in [4.69, 9.17) is 4.99 Å². The average molecular weight is 271 g/mol. The fourth-order valence-electron chi connectivity index (χ4n) is 3.11. The Morgan fingerprint density at radius 3 is 2.65 bits per heavy atom. The molecule has 0 aliphatic heterocycles. The maximum absolute atomic E-state index is 4.88. The number of benzene rings is 1. The Kier molecular flexibility index (Phi) is 5.01. The number of hydrogen-bond acceptors (Lipinski definition) is 1. The van der Waals surface area contributed by atoms with Crippen LogP contribution in [0.1, 0.15) is 70.4 Å². The van der Waals surface area contributed by atoms with Crippen LogP contribution in [0, 0.1) is 12.3 Å². The zero-order chi connectivity index (χ0) is 14.6. The van der Waals surface area contributed by atoms with Crippen LogP contribution in [0.5, 0.6) is 0 Å². The minimum absolute atomic E-state index is 0.607. The Morgan fingerprint density at radius 1 is 1.30 bits per heavy atom. The van der Waals surface area contributed by atoms with Gasteiger partial charge < -0.3 is 0 Å². The van der Waals surface area contributed by atoms with Crippen LogP contribution < -0.4 is 0 Å². The first kappa shape index (κ1) is 15.3. The van der Waals surface area contributed by atoms with Gasteiger partial charge in [-0.25, -0.2) is 0 Å². The van der Waals surface area contributed by atoms with Crippen LogP contribution >= 0.6 is 0 Å². The highest BCUT2D eigenvalue weighted by molar-refractivity contribution is 5.85. The van der Waals surface area contributed by atoms with Gasteiger partial charge in [-0.15, -0.1) is 0 Å². The lowest BCUT2D eigenvalue weighted by molar-refractivity contribution is 0.150. The molecule has 0 bridgehead atoms. The largest absolute Gasteiger partial charge is 0.258 e. The maximum atomic E-state index is 4.88. The number of nitrogens with zero attached hydrogens (tertiary/aromatic N) is 1. The molecule has 0 unspecified atom stereocenters. The first-order valence-corrected chi connectivity index (χ1v) is 8.17. The summed E-state index contributed by atoms with van der Waals surface area (Å²) in [6.07, 6.45) is 9.04. The van der Waals surface area contributed by atoms with Crippen molar-refractivity contribution in [3.63, 3.8) is 0 Å². The molecule has 0 radical (unpaired) electrons. The van der Waals surface area contributed by atoms with Gasteiger partial charge in [0.1, 0.15) is 0 Å². The standard InChI is InChI=1S/C19H29N/c1-5-8-17-9-6-10-18(16(17)3)20-15(2)11-14-19(4)12-7-13-19/h6,9-10H,5,7-8,11-14H2,1-4H3/b20-15-. The third kappa shape index (κ3) is 3.71. The van der Waals surface area contributed by atoms with E-state index in [1.165, 1.54) is 54.6 Å². The molecule has 1 aromatic carbocycles. The molecule has 0 heterocycles. The van der Waals surface area contributed by atoms with Crippen LogP contribution in [0.2, 0.25) is 0 Å². The minimum atomic E-state index is 0.607. The third-order valence-corrected chi connectivity index (χ3v) is 4.90. The van der Waals surface area contributed by atoms with Gasteiger partial charge in [0.05, 0.1) is 5.69 Å². The van der Waals surface area contributed by atoms with Crippen LogP contribution in [0.3, 0.4) is 0 Å². The second-order valence-corrected chi connectivity index (χ2v) is 6.82. The van der Waals surface area contributed by atoms with Gasteiger partial charge in [-0.3, -0.25) is 4.99 Å². The van der Waals surface area contributed by atoms with Crippen molar-refractivity contribution >= 4 is 11.4 Å². The van der Waals surface area contributed by atoms with Crippen molar-refractivity contribution in [1.29, 1.82) is 0 Å². The molecule has 0 spiro atoms. The van der Waals surface area contributed by atoms with E-state index in [9.17, 15) is 0 Å². The fourth-order valence-corrected chi connectivity index (χ4v) is 3.11. The predicted molar refractivity (Wildman–Crippen MR) is 89.1 cm³/mol. The molecule has 1 nitrogen and oxygen atoms in total. The molecule has 110 valence electrons. The Balaban J connectivity index is 2.03. The summed E-state index contributed by atoms with van der Waals surface area (Å²) >= 11 is 0. The van der Waals surface area contributed by atoms with Crippen LogP contribution in [-0.4, -0.2) is 5.71 Å². The van der Waals surface area contributed by atoms with Crippen molar-refractivity contribution in [3.05, 3.63) is 29.3 Å². The molecule has 1 saturated carbocycles. The summed E-state index contributed by atoms with van der Waals surface area (Å²) in [7, 11) is 0. The van der Waals surface area contributed by atoms with Gasteiger partial charge >= 0.3 is 0 Å². The zero-order valence-corrected chi connectivity index (χ0v) is 13.6. The topological polar surface area (TPSA) is 12.4 Å². The molecule has 1 aromatic rings. The highest BCUT2D eigenvalue weighted by Gasteiger charge is 2.30. The van der Waals surface area contributed by atoms with E-state index in [0.717, 1.165) is 12.8 Å². The van der Waals surface area contributed by atoms with Gasteiger partial charge in [-0.2, -0.15) is 0 Å². The zero-order valence-electron chi connectivity index (χ0n) is 13.6. The van der Waals surface area contributed by atoms with E-state index in [1.54, 1.807) is 0 Å². The number of rotatable bonds is 6. The number of aliphatic imine (C=N–C) groups is 1. The van der Waals surface area contributed by atoms with Crippen molar-refractivity contribution in [2.24, 2.45) is 10.4 Å². The van der Waals surface area contributed by atoms with Gasteiger partial charge in [-0.1, -0.05) is 38.8 Å². The predicted octanol–water partition coefficient (Wildman–Crippen LogP) is 6.01. The first-order valence-electron chi connectivity index (χ1n) is 8.17. The third-order valence-electron chi connectivity index (χ3n) is 4.90. The second-order valence-electron chi connectivity index (χ2n) is 6.82. The summed E-state index contributed by atoms with van der Waals surface area (Å²) < 4.78 is 0. The minimum Gasteiger partial charge on any atom is -0.258 e. The molecular formula is C19H29N. The van der Waals surface area contributed by atoms with E-state index in [0.29, 0.717) is 5.41 Å². The fraction of sp³-hybridized carbons (Fsp3) is 0.632. The number of hydrogen-bond donors (Lipinski definition) is 0. The van der Waals surface area contributed by atoms with Gasteiger partial charge in [0.2, 0.25) is 0 Å². The van der Waals surface area contributed by atoms with Gasteiger partial charge in [-0.05, 0) is 68.6 Å². The maximum Gasteiger partial charge on any atom is 0.0660 e. The summed E-state index contributed by atoms with van der Waals surface area (Å²) in [6.45, 7) is 9.06. The van der Waals surface area contributed by atoms with Crippen molar-refractivity contribution in [3.8, 4) is 0 Å². The molecule has 0 atom stereocenters. The Labute approximate surface area is 124 Å². The molecule has 0 N–H and O–H groups in total. The van der Waals surface area contributed by atoms with Crippen LogP contribution in [0.4, 0.5) is 5.69 Å². The van der Waals surface area contributed by atoms with Gasteiger partial charge in [0, 0.05) is 5.71 Å². The van der Waals surface area contributed by atoms with Crippen molar-refractivity contribution in [2.45, 2.75) is 72.6 Å². The lowest BCUT2D eigenvalue weighted by atomic mass is 9.67. The number of aryl methyl sites for hydroxylation is 1. The van der Waals surface area contributed by atoms with Gasteiger partial charge in [0.15, 0.2) is 0 Å². The first-order chi connectivity index (χ1) is 9.54. The molecule has 2 rings (SSSR count). The SMILES string of the molecule is CCCc1cccc(/N=C(/C)CCC2(C)CCC2)c1C. The highest BCUT2D eigenvalue weighted by atomic mass is 14.7. The van der Waals surface area contributed by atoms with E-state index < -0.39 is 0 Å².